The predicted octanol–water partition coefficient (Wildman–Crippen LogP) is 10.1. The molecule has 0 nitrogen and oxygen atoms in total. The van der Waals surface area contributed by atoms with E-state index in [2.05, 4.69) is 0 Å². The predicted molar refractivity (Wildman–Crippen MR) is 117 cm³/mol. The first kappa shape index (κ1) is 28.9. The zero-order valence-electron chi connectivity index (χ0n) is 18.6. The maximum absolute atomic E-state index is 13.0. The number of benzene rings is 3. The van der Waals surface area contributed by atoms with Crippen molar-refractivity contribution in [1.82, 2.24) is 0 Å². The van der Waals surface area contributed by atoms with Gasteiger partial charge in [0.25, 0.3) is 0 Å². The Balaban J connectivity index is 1.85. The van der Waals surface area contributed by atoms with Crippen molar-refractivity contribution in [3.8, 4) is 0 Å². The first-order valence-electron chi connectivity index (χ1n) is 10.4. The van der Waals surface area contributed by atoms with Crippen molar-refractivity contribution in [2.45, 2.75) is 24.7 Å². The van der Waals surface area contributed by atoms with E-state index in [1.54, 1.807) is 0 Å². The van der Waals surface area contributed by atoms with Crippen LogP contribution in [0.4, 0.5) is 52.7 Å². The Hall–Kier alpha value is -3.70. The van der Waals surface area contributed by atoms with Crippen LogP contribution in [0.5, 0.6) is 0 Å². The lowest BCUT2D eigenvalue weighted by atomic mass is 10.0. The van der Waals surface area contributed by atoms with Gasteiger partial charge in [-0.05, 0) is 58.7 Å². The summed E-state index contributed by atoms with van der Waals surface area (Å²) in [6, 6.07) is 7.81. The van der Waals surface area contributed by atoms with E-state index in [0.717, 1.165) is 12.2 Å². The second-order valence-corrected chi connectivity index (χ2v) is 8.01. The lowest BCUT2D eigenvalue weighted by molar-refractivity contribution is -0.144. The molecule has 0 saturated carbocycles. The van der Waals surface area contributed by atoms with Gasteiger partial charge in [-0.2, -0.15) is 52.7 Å². The van der Waals surface area contributed by atoms with Crippen LogP contribution in [0.1, 0.15) is 44.5 Å². The van der Waals surface area contributed by atoms with Crippen LogP contribution in [0, 0.1) is 0 Å². The Bertz CT molecular complexity index is 1160. The number of rotatable bonds is 4. The molecule has 0 aliphatic heterocycles. The minimum Gasteiger partial charge on any atom is -0.166 e. The second kappa shape index (κ2) is 10.2. The summed E-state index contributed by atoms with van der Waals surface area (Å²) in [4.78, 5) is 0. The van der Waals surface area contributed by atoms with Crippen molar-refractivity contribution in [3.63, 3.8) is 0 Å². The molecule has 202 valence electrons. The third-order valence-electron chi connectivity index (χ3n) is 5.09. The molecule has 3 rings (SSSR count). The summed E-state index contributed by atoms with van der Waals surface area (Å²) in [5.74, 6) is 0. The number of alkyl halides is 12. The van der Waals surface area contributed by atoms with Crippen LogP contribution in [0.25, 0.3) is 24.3 Å². The second-order valence-electron chi connectivity index (χ2n) is 8.01. The molecule has 0 fully saturated rings. The van der Waals surface area contributed by atoms with Crippen molar-refractivity contribution in [3.05, 3.63) is 105 Å². The van der Waals surface area contributed by atoms with Gasteiger partial charge in [0.15, 0.2) is 0 Å². The molecule has 3 aromatic carbocycles. The minimum atomic E-state index is -5.00. The fraction of sp³-hybridized carbons (Fsp3) is 0.154. The Morgan fingerprint density at radius 2 is 0.526 bits per heavy atom. The minimum absolute atomic E-state index is 0.000530. The van der Waals surface area contributed by atoms with E-state index < -0.39 is 47.0 Å². The molecule has 12 heteroatoms. The summed E-state index contributed by atoms with van der Waals surface area (Å²) in [5.41, 5.74) is -5.92. The van der Waals surface area contributed by atoms with Gasteiger partial charge in [0.2, 0.25) is 0 Å². The molecule has 0 atom stereocenters. The molecule has 0 aliphatic rings. The number of hydrogen-bond acceptors (Lipinski definition) is 0. The largest absolute Gasteiger partial charge is 0.416 e. The highest BCUT2D eigenvalue weighted by Gasteiger charge is 2.37. The lowest BCUT2D eigenvalue weighted by Crippen LogP contribution is -2.11. The van der Waals surface area contributed by atoms with E-state index in [9.17, 15) is 52.7 Å². The Morgan fingerprint density at radius 1 is 0.316 bits per heavy atom. The van der Waals surface area contributed by atoms with Crippen molar-refractivity contribution in [2.24, 2.45) is 0 Å². The topological polar surface area (TPSA) is 0 Å². The number of halogens is 12. The molecule has 0 amide bonds. The first-order chi connectivity index (χ1) is 17.3. The summed E-state index contributed by atoms with van der Waals surface area (Å²) in [7, 11) is 0. The van der Waals surface area contributed by atoms with Crippen LogP contribution in [0.3, 0.4) is 0 Å². The molecule has 3 aromatic rings. The molecular weight excluding hydrogens is 540 g/mol. The quantitative estimate of drug-likeness (QED) is 0.222. The maximum Gasteiger partial charge on any atom is 0.416 e. The van der Waals surface area contributed by atoms with Gasteiger partial charge in [-0.15, -0.1) is 0 Å². The van der Waals surface area contributed by atoms with Crippen molar-refractivity contribution in [2.75, 3.05) is 0 Å². The molecule has 0 aliphatic carbocycles. The van der Waals surface area contributed by atoms with E-state index in [0.29, 0.717) is 35.4 Å². The van der Waals surface area contributed by atoms with Gasteiger partial charge in [0.1, 0.15) is 0 Å². The normalized spacial score (nSPS) is 13.6. The third kappa shape index (κ3) is 7.65. The Labute approximate surface area is 207 Å². The fourth-order valence-electron chi connectivity index (χ4n) is 3.25. The highest BCUT2D eigenvalue weighted by Crippen LogP contribution is 2.38. The third-order valence-corrected chi connectivity index (χ3v) is 5.09. The zero-order valence-corrected chi connectivity index (χ0v) is 18.6. The molecule has 38 heavy (non-hydrogen) atoms. The molecular formula is C26H14F12. The van der Waals surface area contributed by atoms with Gasteiger partial charge in [-0.1, -0.05) is 48.6 Å². The average molecular weight is 554 g/mol. The van der Waals surface area contributed by atoms with Crippen LogP contribution < -0.4 is 0 Å². The van der Waals surface area contributed by atoms with Gasteiger partial charge in [-0.25, -0.2) is 0 Å². The van der Waals surface area contributed by atoms with E-state index in [1.165, 1.54) is 36.4 Å². The summed E-state index contributed by atoms with van der Waals surface area (Å²) >= 11 is 0. The summed E-state index contributed by atoms with van der Waals surface area (Å²) in [6.45, 7) is 0. The van der Waals surface area contributed by atoms with Crippen molar-refractivity contribution < 1.29 is 52.7 Å². The molecule has 0 aromatic heterocycles. The van der Waals surface area contributed by atoms with Crippen LogP contribution >= 0.6 is 0 Å². The average Bonchev–Trinajstić information content (AvgIpc) is 2.79. The molecule has 0 heterocycles. The van der Waals surface area contributed by atoms with Crippen molar-refractivity contribution in [1.29, 1.82) is 0 Å². The lowest BCUT2D eigenvalue weighted by Gasteiger charge is -2.13. The highest BCUT2D eigenvalue weighted by molar-refractivity contribution is 5.73. The van der Waals surface area contributed by atoms with Crippen LogP contribution in [0.2, 0.25) is 0 Å². The molecule has 0 unspecified atom stereocenters. The summed E-state index contributed by atoms with van der Waals surface area (Å²) in [5, 5.41) is 0. The maximum atomic E-state index is 13.0. The molecule has 0 radical (unpaired) electrons. The van der Waals surface area contributed by atoms with Gasteiger partial charge in [0, 0.05) is 0 Å². The highest BCUT2D eigenvalue weighted by atomic mass is 19.4. The first-order valence-corrected chi connectivity index (χ1v) is 10.4. The van der Waals surface area contributed by atoms with Crippen LogP contribution in [0.15, 0.2) is 60.7 Å². The Morgan fingerprint density at radius 3 is 0.737 bits per heavy atom. The Kier molecular flexibility index (Phi) is 7.76. The van der Waals surface area contributed by atoms with Gasteiger partial charge in [-0.3, -0.25) is 0 Å². The fourth-order valence-corrected chi connectivity index (χ4v) is 3.25. The van der Waals surface area contributed by atoms with Gasteiger partial charge >= 0.3 is 24.7 Å². The van der Waals surface area contributed by atoms with Crippen molar-refractivity contribution >= 4 is 24.3 Å². The van der Waals surface area contributed by atoms with E-state index >= 15 is 0 Å². The van der Waals surface area contributed by atoms with Gasteiger partial charge < -0.3 is 0 Å². The summed E-state index contributed by atoms with van der Waals surface area (Å²) in [6.07, 6.45) is -15.4. The molecule has 0 N–H and O–H groups in total. The van der Waals surface area contributed by atoms with Gasteiger partial charge in [0.05, 0.1) is 22.3 Å². The van der Waals surface area contributed by atoms with Crippen LogP contribution in [-0.2, 0) is 24.7 Å². The summed E-state index contributed by atoms with van der Waals surface area (Å²) < 4.78 is 156. The molecule has 0 spiro atoms. The molecule has 0 saturated heterocycles. The number of hydrogen-bond donors (Lipinski definition) is 0. The van der Waals surface area contributed by atoms with E-state index in [4.69, 9.17) is 0 Å². The zero-order chi connectivity index (χ0) is 28.5. The van der Waals surface area contributed by atoms with E-state index in [-0.39, 0.29) is 23.3 Å². The smallest absolute Gasteiger partial charge is 0.166 e. The van der Waals surface area contributed by atoms with Crippen LogP contribution in [-0.4, -0.2) is 0 Å². The monoisotopic (exact) mass is 554 g/mol. The molecule has 0 bridgehead atoms. The van der Waals surface area contributed by atoms with E-state index in [1.807, 2.05) is 0 Å². The standard InChI is InChI=1S/C26H14F12/c27-23(28,29)19-9-17(10-20(13-19)24(30,31)32)7-5-15-1-2-16(4-3-15)6-8-18-11-21(25(33,34)35)14-22(12-18)26(36,37)38/h1-14H/b7-5+,8-6+. The SMILES string of the molecule is FC(F)(F)c1cc(/C=C/c2ccc(/C=C/c3cc(C(F)(F)F)cc(C(F)(F)F)c3)cc2)cc(C(F)(F)F)c1.